The lowest BCUT2D eigenvalue weighted by atomic mass is 9.86. The van der Waals surface area contributed by atoms with E-state index in [-0.39, 0.29) is 169 Å². The lowest BCUT2D eigenvalue weighted by Gasteiger charge is -2.22. The van der Waals surface area contributed by atoms with E-state index >= 15 is 0 Å². The summed E-state index contributed by atoms with van der Waals surface area (Å²) in [6.45, 7) is 5.55. The van der Waals surface area contributed by atoms with Crippen molar-refractivity contribution in [2.45, 2.75) is 91.3 Å². The Kier molecular flexibility index (Phi) is 28.5. The standard InChI is InChI=1S/C23H30N5O6P.C20H24N5O6P.C19H24N5O6P/c24-23-26-21-20(22(30)27-23)25-15-28(21)11-12-32-16-35(31,33-13-17-7-3-1-4-8-17)34-14-19(29)18-9-5-2-6-10-18;1-2-6-16(26)12-31-32(28,30-11-15-7-4-3-5-8-15)14-29-10-9-25-13-22-17-18(25)23-20(21)24-19(17)27;1-2-15(25)11-30-31(27,29-10-14-6-4-3-5-7-14)13-28-9-8-24-12-21-16-17(24)22-19(20)23-18(16)26/h1,3-4,7-8,15,18H,2,5-6,9-14,16H2,(H3,24,26,27,30);2-5,7-8,13H,1,6,9-12,14H2,(H3,21,23,24,27);3-7,12H,2,8-11,13H2,1H3,(H3,20,22,23,26). The summed E-state index contributed by atoms with van der Waals surface area (Å²) in [5.41, 5.74) is 19.3. The van der Waals surface area contributed by atoms with E-state index in [4.69, 9.17) is 58.6 Å². The number of rotatable bonds is 37. The summed E-state index contributed by atoms with van der Waals surface area (Å²) >= 11 is 0. The van der Waals surface area contributed by atoms with Gasteiger partial charge in [0.25, 0.3) is 16.7 Å². The van der Waals surface area contributed by atoms with Crippen LogP contribution in [0.2, 0.25) is 0 Å². The minimum atomic E-state index is -3.73. The van der Waals surface area contributed by atoms with Crippen molar-refractivity contribution in [3.8, 4) is 0 Å². The van der Waals surface area contributed by atoms with Crippen molar-refractivity contribution in [2.24, 2.45) is 5.92 Å². The molecule has 1 fully saturated rings. The number of imidazole rings is 3. The van der Waals surface area contributed by atoms with E-state index in [0.717, 1.165) is 48.8 Å². The Morgan fingerprint density at radius 2 is 0.847 bits per heavy atom. The van der Waals surface area contributed by atoms with E-state index in [9.17, 15) is 42.5 Å². The van der Waals surface area contributed by atoms with Gasteiger partial charge >= 0.3 is 22.8 Å². The molecule has 0 amide bonds. The minimum absolute atomic E-state index is 0.0139. The van der Waals surface area contributed by atoms with Crippen molar-refractivity contribution in [3.05, 3.63) is 170 Å². The van der Waals surface area contributed by atoms with Crippen LogP contribution in [0, 0.1) is 5.92 Å². The van der Waals surface area contributed by atoms with Gasteiger partial charge in [0.15, 0.2) is 50.8 Å². The molecule has 9 aromatic rings. The molecule has 0 spiro atoms. The number of hydrogen-bond acceptors (Lipinski definition) is 27. The Hall–Kier alpha value is -8.81. The van der Waals surface area contributed by atoms with Gasteiger partial charge in [-0.05, 0) is 29.5 Å². The Labute approximate surface area is 560 Å². The van der Waals surface area contributed by atoms with Crippen LogP contribution in [0.5, 0.6) is 0 Å². The number of benzene rings is 3. The number of carbonyl (C=O) groups is 3. The van der Waals surface area contributed by atoms with Crippen molar-refractivity contribution in [1.82, 2.24) is 58.6 Å². The van der Waals surface area contributed by atoms with Gasteiger partial charge in [-0.15, -0.1) is 6.58 Å². The highest BCUT2D eigenvalue weighted by Crippen LogP contribution is 2.51. The number of carbonyl (C=O) groups excluding carboxylic acids is 3. The molecule has 0 aliphatic heterocycles. The average molecular weight is 1410 g/mol. The fourth-order valence-electron chi connectivity index (χ4n) is 9.36. The van der Waals surface area contributed by atoms with Crippen molar-refractivity contribution in [3.63, 3.8) is 0 Å². The Bertz CT molecular complexity index is 4430. The molecular formula is C62H78N15O18P3. The number of nitrogens with two attached hydrogens (primary N) is 3. The van der Waals surface area contributed by atoms with E-state index in [0.29, 0.717) is 16.9 Å². The molecule has 36 heteroatoms. The number of fused-ring (bicyclic) bond motifs is 3. The van der Waals surface area contributed by atoms with E-state index in [1.807, 2.05) is 91.0 Å². The molecule has 524 valence electrons. The zero-order valence-electron chi connectivity index (χ0n) is 53.8. The quantitative estimate of drug-likeness (QED) is 0.0124. The molecule has 33 nitrogen and oxygen atoms in total. The smallest absolute Gasteiger partial charge is 0.356 e. The van der Waals surface area contributed by atoms with Crippen molar-refractivity contribution in [1.29, 1.82) is 0 Å². The summed E-state index contributed by atoms with van der Waals surface area (Å²) in [7, 11) is -11.1. The second-order valence-corrected chi connectivity index (χ2v) is 27.9. The molecule has 3 atom stereocenters. The van der Waals surface area contributed by atoms with Crippen LogP contribution in [0.1, 0.15) is 68.6 Å². The molecular weight excluding hydrogens is 1340 g/mol. The van der Waals surface area contributed by atoms with Gasteiger partial charge < -0.3 is 58.7 Å². The van der Waals surface area contributed by atoms with Gasteiger partial charge in [-0.1, -0.05) is 123 Å². The highest BCUT2D eigenvalue weighted by molar-refractivity contribution is 7.54. The van der Waals surface area contributed by atoms with Crippen LogP contribution in [0.3, 0.4) is 0 Å². The predicted octanol–water partition coefficient (Wildman–Crippen LogP) is 7.58. The average Bonchev–Trinajstić information content (AvgIpc) is 1.64. The van der Waals surface area contributed by atoms with Crippen molar-refractivity contribution < 1.29 is 69.4 Å². The van der Waals surface area contributed by atoms with Crippen LogP contribution in [0.4, 0.5) is 17.8 Å². The third kappa shape index (κ3) is 23.2. The normalized spacial score (nSPS) is 14.3. The maximum atomic E-state index is 13.4. The van der Waals surface area contributed by atoms with Gasteiger partial charge in [-0.2, -0.15) is 15.0 Å². The summed E-state index contributed by atoms with van der Waals surface area (Å²) < 4.78 is 94.0. The lowest BCUT2D eigenvalue weighted by Crippen LogP contribution is -2.22. The monoisotopic (exact) mass is 1410 g/mol. The highest BCUT2D eigenvalue weighted by atomic mass is 31.2. The van der Waals surface area contributed by atoms with E-state index in [1.54, 1.807) is 20.6 Å². The van der Waals surface area contributed by atoms with Crippen molar-refractivity contribution in [2.75, 3.05) is 75.9 Å². The van der Waals surface area contributed by atoms with Crippen LogP contribution in [0.15, 0.2) is 137 Å². The Morgan fingerprint density at radius 1 is 0.510 bits per heavy atom. The topological polar surface area (TPSA) is 454 Å². The number of nitrogen functional groups attached to an aromatic ring is 3. The molecule has 1 aliphatic rings. The number of ketones is 3. The number of allylic oxidation sites excluding steroid dienone is 1. The summed E-state index contributed by atoms with van der Waals surface area (Å²) in [5.74, 6) is -0.629. The molecule has 9 N–H and O–H groups in total. The number of ether oxygens (including phenoxy) is 3. The fourth-order valence-corrected chi connectivity index (χ4v) is 13.1. The van der Waals surface area contributed by atoms with Gasteiger partial charge in [0.05, 0.1) is 58.6 Å². The first-order valence-corrected chi connectivity index (χ1v) is 36.2. The third-order valence-electron chi connectivity index (χ3n) is 14.5. The van der Waals surface area contributed by atoms with Crippen LogP contribution in [-0.4, -0.2) is 135 Å². The molecule has 0 radical (unpaired) electrons. The molecule has 98 heavy (non-hydrogen) atoms. The number of hydrogen-bond donors (Lipinski definition) is 6. The zero-order chi connectivity index (χ0) is 69.9. The lowest BCUT2D eigenvalue weighted by molar-refractivity contribution is -0.126. The van der Waals surface area contributed by atoms with Crippen LogP contribution in [-0.2, 0) is 109 Å². The predicted molar refractivity (Wildman–Crippen MR) is 361 cm³/mol. The molecule has 1 saturated carbocycles. The first kappa shape index (κ1) is 75.0. The molecule has 3 unspecified atom stereocenters. The SMILES string of the molecule is C=CCC(=O)COP(=O)(COCCn1cnc2c(=O)[nH]c(N)nc21)OCc1ccccc1.CCC(=O)COP(=O)(COCCn1cnc2c(=O)[nH]c(N)nc21)OCc1ccccc1.Nc1nc2c(ncn2CCOCP(=O)(OCC(=O)C2CCCCC2)OCc2ccccc2)c(=O)[nH]1. The number of aromatic amines is 3. The Balaban J connectivity index is 0.000000188. The van der Waals surface area contributed by atoms with E-state index in [1.165, 1.54) is 25.1 Å². The first-order chi connectivity index (χ1) is 47.2. The molecule has 6 heterocycles. The molecule has 0 bridgehead atoms. The fraction of sp³-hybridized carbons (Fsp3) is 0.387. The molecule has 0 saturated heterocycles. The van der Waals surface area contributed by atoms with E-state index in [2.05, 4.69) is 51.4 Å². The van der Waals surface area contributed by atoms with Gasteiger partial charge in [-0.25, -0.2) is 15.0 Å². The molecule has 1 aliphatic carbocycles. The van der Waals surface area contributed by atoms with Crippen LogP contribution >= 0.6 is 22.8 Å². The van der Waals surface area contributed by atoms with Gasteiger partial charge in [-0.3, -0.25) is 71.0 Å². The maximum Gasteiger partial charge on any atom is 0.356 e. The summed E-state index contributed by atoms with van der Waals surface area (Å²) in [6, 6.07) is 27.6. The molecule has 10 rings (SSSR count). The number of nitrogens with zero attached hydrogens (tertiary/aromatic N) is 9. The summed E-state index contributed by atoms with van der Waals surface area (Å²) in [5, 5.41) is 0. The summed E-state index contributed by atoms with van der Waals surface area (Å²) in [6.07, 6.45) is 10.0. The number of Topliss-reactive ketones (excluding diaryl/α,β-unsaturated/α-hetero) is 3. The second-order valence-electron chi connectivity index (χ2n) is 22.0. The first-order valence-electron chi connectivity index (χ1n) is 31.0. The maximum absolute atomic E-state index is 13.4. The molecule has 6 aromatic heterocycles. The third-order valence-corrected chi connectivity index (χ3v) is 19.2. The Morgan fingerprint density at radius 3 is 1.18 bits per heavy atom. The number of anilines is 3. The largest absolute Gasteiger partial charge is 0.369 e. The van der Waals surface area contributed by atoms with Gasteiger partial charge in [0, 0.05) is 38.4 Å². The van der Waals surface area contributed by atoms with Gasteiger partial charge in [0.1, 0.15) is 38.9 Å². The highest BCUT2D eigenvalue weighted by Gasteiger charge is 2.31. The minimum Gasteiger partial charge on any atom is -0.369 e. The van der Waals surface area contributed by atoms with Crippen LogP contribution < -0.4 is 33.9 Å². The molecule has 3 aromatic carbocycles. The zero-order valence-corrected chi connectivity index (χ0v) is 56.4. The number of aromatic nitrogens is 12. The van der Waals surface area contributed by atoms with E-state index < -0.39 is 39.5 Å². The van der Waals surface area contributed by atoms with Crippen molar-refractivity contribution >= 4 is 91.5 Å². The van der Waals surface area contributed by atoms with Crippen LogP contribution in [0.25, 0.3) is 33.5 Å². The van der Waals surface area contributed by atoms with Gasteiger partial charge in [0.2, 0.25) is 17.8 Å². The number of H-pyrrole nitrogens is 3. The summed E-state index contributed by atoms with van der Waals surface area (Å²) in [4.78, 5) is 103. The second kappa shape index (κ2) is 37.2. The number of nitrogens with one attached hydrogen (secondary N) is 3.